The number of rotatable bonds is 4. The molecule has 2 aromatic rings. The van der Waals surface area contributed by atoms with Crippen LogP contribution >= 0.6 is 23.2 Å². The van der Waals surface area contributed by atoms with Gasteiger partial charge in [0, 0.05) is 12.1 Å². The van der Waals surface area contributed by atoms with Crippen molar-refractivity contribution in [2.45, 2.75) is 6.61 Å². The molecule has 0 saturated carbocycles. The number of hydrogen-bond donors (Lipinski definition) is 0. The van der Waals surface area contributed by atoms with Gasteiger partial charge in [-0.3, -0.25) is 10.1 Å². The molecule has 0 bridgehead atoms. The Balaban J connectivity index is 2.06. The third-order valence-electron chi connectivity index (χ3n) is 2.19. The van der Waals surface area contributed by atoms with E-state index >= 15 is 0 Å². The average Bonchev–Trinajstić information content (AvgIpc) is 2.37. The second kappa shape index (κ2) is 5.81. The third-order valence-corrected chi connectivity index (χ3v) is 2.69. The van der Waals surface area contributed by atoms with E-state index in [0.29, 0.717) is 16.6 Å². The summed E-state index contributed by atoms with van der Waals surface area (Å²) < 4.78 is 5.39. The predicted octanol–water partition coefficient (Wildman–Crippen LogP) is 3.27. The molecule has 0 saturated heterocycles. The molecule has 0 N–H and O–H groups in total. The number of ether oxygens (including phenoxy) is 1. The Morgan fingerprint density at radius 3 is 2.58 bits per heavy atom. The van der Waals surface area contributed by atoms with Gasteiger partial charge in [-0.15, -0.1) is 5.10 Å². The lowest BCUT2D eigenvalue weighted by atomic mass is 10.3. The molecule has 0 aliphatic heterocycles. The van der Waals surface area contributed by atoms with Crippen molar-refractivity contribution >= 4 is 28.9 Å². The number of nitro groups is 1. The zero-order chi connectivity index (χ0) is 13.8. The molecule has 0 atom stereocenters. The van der Waals surface area contributed by atoms with Crippen LogP contribution in [0.2, 0.25) is 10.2 Å². The van der Waals surface area contributed by atoms with Crippen molar-refractivity contribution in [1.82, 2.24) is 10.2 Å². The number of hydrogen-bond acceptors (Lipinski definition) is 5. The Bertz CT molecular complexity index is 605. The van der Waals surface area contributed by atoms with Crippen LogP contribution in [0, 0.1) is 10.1 Å². The second-order valence-corrected chi connectivity index (χ2v) is 4.30. The Hall–Kier alpha value is -1.92. The van der Waals surface area contributed by atoms with Crippen molar-refractivity contribution in [3.63, 3.8) is 0 Å². The fraction of sp³-hybridized carbons (Fsp3) is 0.0909. The van der Waals surface area contributed by atoms with Crippen molar-refractivity contribution in [2.75, 3.05) is 0 Å². The van der Waals surface area contributed by atoms with Gasteiger partial charge in [-0.05, 0) is 18.2 Å². The SMILES string of the molecule is O=[N+]([O-])c1ccc(OCc2ccc(Cl)nn2)cc1Cl. The van der Waals surface area contributed by atoms with Crippen molar-refractivity contribution < 1.29 is 9.66 Å². The van der Waals surface area contributed by atoms with E-state index in [0.717, 1.165) is 0 Å². The van der Waals surface area contributed by atoms with Crippen LogP contribution in [0.3, 0.4) is 0 Å². The van der Waals surface area contributed by atoms with Gasteiger partial charge in [0.25, 0.3) is 5.69 Å². The minimum absolute atomic E-state index is 0.0182. The van der Waals surface area contributed by atoms with Gasteiger partial charge in [0.2, 0.25) is 0 Å². The predicted molar refractivity (Wildman–Crippen MR) is 69.5 cm³/mol. The standard InChI is InChI=1S/C11H7Cl2N3O3/c12-9-5-8(2-3-10(9)16(17)18)19-6-7-1-4-11(13)15-14-7/h1-5H,6H2. The fourth-order valence-electron chi connectivity index (χ4n) is 1.30. The fourth-order valence-corrected chi connectivity index (χ4v) is 1.64. The summed E-state index contributed by atoms with van der Waals surface area (Å²) in [6.45, 7) is 0.165. The van der Waals surface area contributed by atoms with Gasteiger partial charge in [0.1, 0.15) is 23.1 Å². The molecular weight excluding hydrogens is 293 g/mol. The first-order valence-corrected chi connectivity index (χ1v) is 5.86. The van der Waals surface area contributed by atoms with Gasteiger partial charge in [0.15, 0.2) is 5.15 Å². The van der Waals surface area contributed by atoms with Crippen molar-refractivity contribution in [3.8, 4) is 5.75 Å². The van der Waals surface area contributed by atoms with Crippen LogP contribution in [0.15, 0.2) is 30.3 Å². The van der Waals surface area contributed by atoms with Crippen molar-refractivity contribution in [1.29, 1.82) is 0 Å². The van der Waals surface area contributed by atoms with E-state index in [1.807, 2.05) is 0 Å². The summed E-state index contributed by atoms with van der Waals surface area (Å²) in [6.07, 6.45) is 0. The van der Waals surface area contributed by atoms with Crippen LogP contribution in [0.4, 0.5) is 5.69 Å². The average molecular weight is 300 g/mol. The van der Waals surface area contributed by atoms with Gasteiger partial charge in [0.05, 0.1) is 4.92 Å². The largest absolute Gasteiger partial charge is 0.487 e. The maximum atomic E-state index is 10.6. The normalized spacial score (nSPS) is 10.2. The van der Waals surface area contributed by atoms with Crippen LogP contribution < -0.4 is 4.74 Å². The van der Waals surface area contributed by atoms with E-state index in [2.05, 4.69) is 10.2 Å². The Labute approximate surface area is 118 Å². The molecular formula is C11H7Cl2N3O3. The summed E-state index contributed by atoms with van der Waals surface area (Å²) in [4.78, 5) is 10.0. The van der Waals surface area contributed by atoms with Crippen LogP contribution in [-0.4, -0.2) is 15.1 Å². The molecule has 19 heavy (non-hydrogen) atoms. The lowest BCUT2D eigenvalue weighted by Crippen LogP contribution is -2.00. The molecule has 98 valence electrons. The van der Waals surface area contributed by atoms with Crippen molar-refractivity contribution in [3.05, 3.63) is 56.3 Å². The number of halogens is 2. The quantitative estimate of drug-likeness (QED) is 0.639. The summed E-state index contributed by atoms with van der Waals surface area (Å²) in [6, 6.07) is 7.39. The highest BCUT2D eigenvalue weighted by atomic mass is 35.5. The summed E-state index contributed by atoms with van der Waals surface area (Å²) in [5.74, 6) is 0.410. The molecule has 8 heteroatoms. The number of nitro benzene ring substituents is 1. The molecule has 2 rings (SSSR count). The number of benzene rings is 1. The maximum absolute atomic E-state index is 10.6. The Morgan fingerprint density at radius 2 is 2.00 bits per heavy atom. The van der Waals surface area contributed by atoms with Crippen LogP contribution in [0.5, 0.6) is 5.75 Å². The highest BCUT2D eigenvalue weighted by Gasteiger charge is 2.12. The molecule has 0 unspecified atom stereocenters. The van der Waals surface area contributed by atoms with Gasteiger partial charge in [-0.1, -0.05) is 23.2 Å². The summed E-state index contributed by atoms with van der Waals surface area (Å²) in [5, 5.41) is 18.4. The maximum Gasteiger partial charge on any atom is 0.288 e. The topological polar surface area (TPSA) is 78.2 Å². The van der Waals surface area contributed by atoms with E-state index in [1.54, 1.807) is 12.1 Å². The summed E-state index contributed by atoms with van der Waals surface area (Å²) >= 11 is 11.4. The molecule has 0 spiro atoms. The lowest BCUT2D eigenvalue weighted by Gasteiger charge is -2.05. The Morgan fingerprint density at radius 1 is 1.21 bits per heavy atom. The minimum atomic E-state index is -0.559. The summed E-state index contributed by atoms with van der Waals surface area (Å²) in [5.41, 5.74) is 0.416. The molecule has 0 fully saturated rings. The van der Waals surface area contributed by atoms with E-state index < -0.39 is 4.92 Å². The van der Waals surface area contributed by atoms with Gasteiger partial charge < -0.3 is 4.74 Å². The van der Waals surface area contributed by atoms with Gasteiger partial charge in [-0.2, -0.15) is 5.10 Å². The first-order valence-electron chi connectivity index (χ1n) is 5.11. The monoisotopic (exact) mass is 299 g/mol. The van der Waals surface area contributed by atoms with Crippen molar-refractivity contribution in [2.24, 2.45) is 0 Å². The zero-order valence-electron chi connectivity index (χ0n) is 9.42. The molecule has 1 heterocycles. The Kier molecular flexibility index (Phi) is 4.13. The van der Waals surface area contributed by atoms with Gasteiger partial charge >= 0.3 is 0 Å². The lowest BCUT2D eigenvalue weighted by molar-refractivity contribution is -0.384. The van der Waals surface area contributed by atoms with Crippen LogP contribution in [0.25, 0.3) is 0 Å². The van der Waals surface area contributed by atoms with E-state index in [-0.39, 0.29) is 17.3 Å². The number of nitrogens with zero attached hydrogens (tertiary/aromatic N) is 3. The summed E-state index contributed by atoms with van der Waals surface area (Å²) in [7, 11) is 0. The molecule has 1 aromatic carbocycles. The van der Waals surface area contributed by atoms with Gasteiger partial charge in [-0.25, -0.2) is 0 Å². The molecule has 0 aliphatic carbocycles. The molecule has 0 aliphatic rings. The van der Waals surface area contributed by atoms with E-state index in [4.69, 9.17) is 27.9 Å². The second-order valence-electron chi connectivity index (χ2n) is 3.51. The molecule has 0 radical (unpaired) electrons. The minimum Gasteiger partial charge on any atom is -0.487 e. The first kappa shape index (κ1) is 13.5. The highest BCUT2D eigenvalue weighted by molar-refractivity contribution is 6.32. The first-order chi connectivity index (χ1) is 9.06. The van der Waals surface area contributed by atoms with Crippen LogP contribution in [0.1, 0.15) is 5.69 Å². The molecule has 1 aromatic heterocycles. The van der Waals surface area contributed by atoms with E-state index in [9.17, 15) is 10.1 Å². The molecule has 0 amide bonds. The number of aromatic nitrogens is 2. The molecule has 6 nitrogen and oxygen atoms in total. The third kappa shape index (κ3) is 3.52. The zero-order valence-corrected chi connectivity index (χ0v) is 10.9. The highest BCUT2D eigenvalue weighted by Crippen LogP contribution is 2.28. The van der Waals surface area contributed by atoms with E-state index in [1.165, 1.54) is 18.2 Å². The van der Waals surface area contributed by atoms with Crippen LogP contribution in [-0.2, 0) is 6.61 Å². The smallest absolute Gasteiger partial charge is 0.288 e.